The van der Waals surface area contributed by atoms with Crippen LogP contribution in [0.3, 0.4) is 0 Å². The lowest BCUT2D eigenvalue weighted by molar-refractivity contribution is 0.382. The van der Waals surface area contributed by atoms with Gasteiger partial charge in [0, 0.05) is 0 Å². The first-order valence-corrected chi connectivity index (χ1v) is 15.1. The van der Waals surface area contributed by atoms with Crippen LogP contribution in [0, 0.1) is 21.4 Å². The van der Waals surface area contributed by atoms with Crippen LogP contribution in [0.1, 0.15) is 0 Å². The third-order valence-corrected chi connectivity index (χ3v) is 9.35. The fourth-order valence-corrected chi connectivity index (χ4v) is 9.38. The van der Waals surface area contributed by atoms with E-state index in [2.05, 4.69) is 136 Å². The van der Waals surface area contributed by atoms with Gasteiger partial charge < -0.3 is 13.6 Å². The highest BCUT2D eigenvalue weighted by Crippen LogP contribution is 2.48. The van der Waals surface area contributed by atoms with E-state index < -0.39 is 8.60 Å². The fourth-order valence-electron chi connectivity index (χ4n) is 1.99. The molecule has 3 rings (SSSR count). The van der Waals surface area contributed by atoms with Crippen LogP contribution in [0.2, 0.25) is 0 Å². The molecule has 0 N–H and O–H groups in total. The normalized spacial score (nSPS) is 10.8. The van der Waals surface area contributed by atoms with E-state index in [0.717, 1.165) is 38.7 Å². The summed E-state index contributed by atoms with van der Waals surface area (Å²) >= 11 is 13.6. The molecule has 0 aromatic heterocycles. The van der Waals surface area contributed by atoms with Crippen LogP contribution in [-0.2, 0) is 0 Å². The Labute approximate surface area is 246 Å². The molecule has 3 aromatic rings. The number of halogens is 6. The van der Waals surface area contributed by atoms with E-state index in [4.69, 9.17) is 13.6 Å². The lowest BCUT2D eigenvalue weighted by Gasteiger charge is -2.21. The predicted octanol–water partition coefficient (Wildman–Crippen LogP) is 9.08. The van der Waals surface area contributed by atoms with Crippen molar-refractivity contribution in [1.82, 2.24) is 0 Å². The molecule has 3 nitrogen and oxygen atoms in total. The topological polar surface area (TPSA) is 27.7 Å². The molecule has 0 spiro atoms. The Morgan fingerprint density at radius 2 is 0.643 bits per heavy atom. The van der Waals surface area contributed by atoms with Gasteiger partial charge in [0.25, 0.3) is 0 Å². The van der Waals surface area contributed by atoms with Crippen molar-refractivity contribution in [3.8, 4) is 17.2 Å². The van der Waals surface area contributed by atoms with Gasteiger partial charge in [0.2, 0.25) is 0 Å². The molecule has 10 heteroatoms. The minimum absolute atomic E-state index is 0.775. The van der Waals surface area contributed by atoms with Crippen molar-refractivity contribution in [3.63, 3.8) is 0 Å². The quantitative estimate of drug-likeness (QED) is 0.182. The summed E-state index contributed by atoms with van der Waals surface area (Å²) in [4.78, 5) is 0. The molecule has 0 bridgehead atoms. The van der Waals surface area contributed by atoms with Gasteiger partial charge >= 0.3 is 8.60 Å². The average molecular weight is 1070 g/mol. The number of hydrogen-bond acceptors (Lipinski definition) is 3. The molecule has 146 valence electrons. The maximum Gasteiger partial charge on any atom is 0.530 e. The third-order valence-electron chi connectivity index (χ3n) is 3.25. The van der Waals surface area contributed by atoms with Gasteiger partial charge in [-0.3, -0.25) is 0 Å². The van der Waals surface area contributed by atoms with Gasteiger partial charge in [0.15, 0.2) is 17.2 Å². The smallest absolute Gasteiger partial charge is 0.406 e. The van der Waals surface area contributed by atoms with Crippen LogP contribution in [0.4, 0.5) is 0 Å². The summed E-state index contributed by atoms with van der Waals surface area (Å²) in [5.41, 5.74) is 0. The summed E-state index contributed by atoms with van der Waals surface area (Å²) in [6.07, 6.45) is 0. The van der Waals surface area contributed by atoms with E-state index in [1.54, 1.807) is 0 Å². The summed E-state index contributed by atoms with van der Waals surface area (Å²) in [7, 11) is -1.72. The zero-order chi connectivity index (χ0) is 20.3. The number of para-hydroxylation sites is 3. The second kappa shape index (κ2) is 11.7. The molecule has 3 aromatic carbocycles. The van der Waals surface area contributed by atoms with Crippen molar-refractivity contribution in [2.75, 3.05) is 0 Å². The van der Waals surface area contributed by atoms with Crippen LogP contribution in [0.25, 0.3) is 0 Å². The van der Waals surface area contributed by atoms with Crippen LogP contribution < -0.4 is 13.6 Å². The molecule has 0 aliphatic rings. The largest absolute Gasteiger partial charge is 0.530 e. The molecule has 0 heterocycles. The summed E-state index contributed by atoms with van der Waals surface area (Å²) in [6.45, 7) is 0. The first-order valence-electron chi connectivity index (χ1n) is 7.53. The number of hydrogen-bond donors (Lipinski definition) is 0. The van der Waals surface area contributed by atoms with E-state index in [9.17, 15) is 0 Å². The van der Waals surface area contributed by atoms with Crippen molar-refractivity contribution < 1.29 is 13.6 Å². The Morgan fingerprint density at radius 3 is 0.857 bits per heavy atom. The van der Waals surface area contributed by atoms with E-state index in [0.29, 0.717) is 0 Å². The Morgan fingerprint density at radius 1 is 0.429 bits per heavy atom. The Balaban J connectivity index is 1.98. The van der Waals surface area contributed by atoms with Gasteiger partial charge in [-0.05, 0) is 172 Å². The molecule has 0 saturated carbocycles. The van der Waals surface area contributed by atoms with Crippen molar-refractivity contribution >= 4 is 144 Å². The molecule has 28 heavy (non-hydrogen) atoms. The van der Waals surface area contributed by atoms with Crippen LogP contribution >= 0.6 is 144 Å². The van der Waals surface area contributed by atoms with Crippen molar-refractivity contribution in [2.45, 2.75) is 0 Å². The van der Waals surface area contributed by atoms with Crippen molar-refractivity contribution in [2.24, 2.45) is 0 Å². The SMILES string of the molecule is Ic1cccc(I)c1OP(Oc1c(I)cccc1I)Oc1c(I)cccc1I. The molecule has 0 aliphatic heterocycles. The highest BCUT2D eigenvalue weighted by atomic mass is 127. The van der Waals surface area contributed by atoms with Crippen molar-refractivity contribution in [3.05, 3.63) is 76.0 Å². The summed E-state index contributed by atoms with van der Waals surface area (Å²) < 4.78 is 25.0. The molecular formula is C18H9I6O3P. The third kappa shape index (κ3) is 6.45. The molecule has 0 atom stereocenters. The Bertz CT molecular complexity index is 813. The van der Waals surface area contributed by atoms with Gasteiger partial charge in [0.1, 0.15) is 0 Å². The van der Waals surface area contributed by atoms with Crippen LogP contribution in [-0.4, -0.2) is 0 Å². The molecule has 0 amide bonds. The minimum atomic E-state index is -1.72. The first-order chi connectivity index (χ1) is 13.4. The van der Waals surface area contributed by atoms with Crippen LogP contribution in [0.15, 0.2) is 54.6 Å². The minimum Gasteiger partial charge on any atom is -0.406 e. The average Bonchev–Trinajstić information content (AvgIpc) is 2.64. The van der Waals surface area contributed by atoms with Crippen molar-refractivity contribution in [1.29, 1.82) is 0 Å². The zero-order valence-corrected chi connectivity index (χ0v) is 27.5. The Kier molecular flexibility index (Phi) is 10.2. The molecule has 0 fully saturated rings. The highest BCUT2D eigenvalue weighted by Gasteiger charge is 2.26. The molecule has 0 saturated heterocycles. The van der Waals surface area contributed by atoms with Gasteiger partial charge in [-0.1, -0.05) is 18.2 Å². The monoisotopic (exact) mass is 1070 g/mol. The lowest BCUT2D eigenvalue weighted by Crippen LogP contribution is -2.07. The van der Waals surface area contributed by atoms with E-state index in [1.807, 2.05) is 54.6 Å². The maximum atomic E-state index is 6.30. The van der Waals surface area contributed by atoms with E-state index in [1.165, 1.54) is 0 Å². The standard InChI is InChI=1S/C18H9I6O3P/c19-10-4-1-5-11(20)16(10)25-28(26-17-12(21)6-2-7-13(17)22)27-18-14(23)8-3-9-15(18)24/h1-9H. The molecule has 0 unspecified atom stereocenters. The predicted molar refractivity (Wildman–Crippen MR) is 164 cm³/mol. The van der Waals surface area contributed by atoms with E-state index in [-0.39, 0.29) is 0 Å². The van der Waals surface area contributed by atoms with Gasteiger partial charge in [-0.2, -0.15) is 0 Å². The van der Waals surface area contributed by atoms with Gasteiger partial charge in [0.05, 0.1) is 21.4 Å². The van der Waals surface area contributed by atoms with Crippen LogP contribution in [0.5, 0.6) is 17.2 Å². The lowest BCUT2D eigenvalue weighted by atomic mass is 10.3. The van der Waals surface area contributed by atoms with Gasteiger partial charge in [-0.15, -0.1) is 0 Å². The van der Waals surface area contributed by atoms with E-state index >= 15 is 0 Å². The summed E-state index contributed by atoms with van der Waals surface area (Å²) in [5, 5.41) is 0. The number of rotatable bonds is 6. The highest BCUT2D eigenvalue weighted by molar-refractivity contribution is 14.1. The second-order valence-electron chi connectivity index (χ2n) is 5.15. The molecule has 0 aliphatic carbocycles. The molecule has 0 radical (unpaired) electrons. The second-order valence-corrected chi connectivity index (χ2v) is 13.1. The number of benzene rings is 3. The molecular weight excluding hydrogens is 1060 g/mol. The maximum absolute atomic E-state index is 6.30. The first kappa shape index (κ1) is 24.5. The summed E-state index contributed by atoms with van der Waals surface area (Å²) in [6, 6.07) is 18.1. The summed E-state index contributed by atoms with van der Waals surface area (Å²) in [5.74, 6) is 2.32. The fraction of sp³-hybridized carbons (Fsp3) is 0. The van der Waals surface area contributed by atoms with Gasteiger partial charge in [-0.25, -0.2) is 0 Å². The zero-order valence-electron chi connectivity index (χ0n) is 13.6. The Hall–Kier alpha value is 1.87.